The number of aromatic nitrogens is 2. The van der Waals surface area contributed by atoms with Crippen LogP contribution in [0.15, 0.2) is 60.9 Å². The summed E-state index contributed by atoms with van der Waals surface area (Å²) in [6.45, 7) is 0. The number of hydrogen-bond donors (Lipinski definition) is 3. The number of aromatic hydroxyl groups is 1. The molecule has 3 N–H and O–H groups in total. The highest BCUT2D eigenvalue weighted by atomic mass is 35.5. The molecule has 1 aliphatic heterocycles. The second kappa shape index (κ2) is 5.26. The van der Waals surface area contributed by atoms with Gasteiger partial charge in [0.15, 0.2) is 0 Å². The smallest absolute Gasteiger partial charge is 0.138 e. The zero-order valence-electron chi connectivity index (χ0n) is 13.1. The fourth-order valence-corrected chi connectivity index (χ4v) is 3.77. The van der Waals surface area contributed by atoms with E-state index < -0.39 is 0 Å². The van der Waals surface area contributed by atoms with E-state index in [-0.39, 0.29) is 11.8 Å². The molecule has 4 nitrogen and oxygen atoms in total. The third kappa shape index (κ3) is 2.11. The average molecular weight is 348 g/mol. The van der Waals surface area contributed by atoms with Gasteiger partial charge >= 0.3 is 0 Å². The second-order valence-electron chi connectivity index (χ2n) is 6.16. The number of rotatable bonds is 1. The number of phenolic OH excluding ortho intramolecular Hbond substituents is 1. The first-order valence-corrected chi connectivity index (χ1v) is 8.40. The topological polar surface area (TPSA) is 60.9 Å². The van der Waals surface area contributed by atoms with Crippen LogP contribution in [0.5, 0.6) is 5.75 Å². The van der Waals surface area contributed by atoms with Gasteiger partial charge in [0.2, 0.25) is 0 Å². The monoisotopic (exact) mass is 347 g/mol. The molecule has 0 spiro atoms. The maximum atomic E-state index is 9.76. The van der Waals surface area contributed by atoms with Crippen LogP contribution < -0.4 is 5.32 Å². The van der Waals surface area contributed by atoms with Crippen molar-refractivity contribution >= 4 is 28.3 Å². The summed E-state index contributed by atoms with van der Waals surface area (Å²) in [6.07, 6.45) is 3.82. The number of phenols is 1. The van der Waals surface area contributed by atoms with Crippen LogP contribution >= 0.6 is 11.6 Å². The molecule has 4 aromatic rings. The van der Waals surface area contributed by atoms with Gasteiger partial charge in [-0.05, 0) is 35.4 Å². The minimum atomic E-state index is -0.0987. The lowest BCUT2D eigenvalue weighted by Gasteiger charge is -2.20. The van der Waals surface area contributed by atoms with Gasteiger partial charge in [0, 0.05) is 34.6 Å². The Bertz CT molecular complexity index is 1120. The van der Waals surface area contributed by atoms with Crippen molar-refractivity contribution in [1.82, 2.24) is 9.97 Å². The summed E-state index contributed by atoms with van der Waals surface area (Å²) in [4.78, 5) is 7.74. The molecule has 1 atom stereocenters. The Morgan fingerprint density at radius 1 is 1.04 bits per heavy atom. The number of para-hydroxylation sites is 1. The lowest BCUT2D eigenvalue weighted by Crippen LogP contribution is -2.11. The van der Waals surface area contributed by atoms with E-state index in [1.165, 1.54) is 0 Å². The number of fused-ring (bicyclic) bond motifs is 2. The number of aromatic amines is 1. The number of H-pyrrole nitrogens is 1. The molecule has 2 aromatic heterocycles. The first-order valence-electron chi connectivity index (χ1n) is 8.03. The van der Waals surface area contributed by atoms with Crippen LogP contribution in [0.25, 0.3) is 22.2 Å². The molecule has 0 saturated heterocycles. The molecular formula is C20H14ClN3O. The van der Waals surface area contributed by atoms with Crippen molar-refractivity contribution in [3.8, 4) is 16.9 Å². The van der Waals surface area contributed by atoms with Gasteiger partial charge in [0.1, 0.15) is 11.4 Å². The molecule has 122 valence electrons. The summed E-state index contributed by atoms with van der Waals surface area (Å²) < 4.78 is 0. The fourth-order valence-electron chi connectivity index (χ4n) is 3.58. The summed E-state index contributed by atoms with van der Waals surface area (Å²) in [5.74, 6) is 0.0840. The van der Waals surface area contributed by atoms with Crippen LogP contribution in [0.1, 0.15) is 17.2 Å². The molecule has 1 unspecified atom stereocenters. The van der Waals surface area contributed by atoms with Gasteiger partial charge in [0.25, 0.3) is 0 Å². The molecular weight excluding hydrogens is 334 g/mol. The summed E-state index contributed by atoms with van der Waals surface area (Å²) in [5, 5.41) is 14.8. The van der Waals surface area contributed by atoms with Crippen LogP contribution in [0.3, 0.4) is 0 Å². The first kappa shape index (κ1) is 14.4. The SMILES string of the molecule is Oc1ccc(C2Nc3ccccc3-c3ccnc4[nH]cc2c34)cc1Cl. The van der Waals surface area contributed by atoms with Crippen LogP contribution in [0.2, 0.25) is 5.02 Å². The van der Waals surface area contributed by atoms with E-state index in [0.29, 0.717) is 5.02 Å². The molecule has 0 bridgehead atoms. The molecule has 2 aromatic carbocycles. The Hall–Kier alpha value is -2.98. The Morgan fingerprint density at radius 3 is 2.80 bits per heavy atom. The molecule has 25 heavy (non-hydrogen) atoms. The predicted molar refractivity (Wildman–Crippen MR) is 100 cm³/mol. The third-order valence-electron chi connectivity index (χ3n) is 4.74. The lowest BCUT2D eigenvalue weighted by molar-refractivity contribution is 0.475. The van der Waals surface area contributed by atoms with Crippen molar-refractivity contribution in [3.05, 3.63) is 77.1 Å². The molecule has 1 aliphatic rings. The molecule has 0 fully saturated rings. The van der Waals surface area contributed by atoms with Crippen LogP contribution in [-0.4, -0.2) is 15.1 Å². The van der Waals surface area contributed by atoms with Crippen molar-refractivity contribution in [2.45, 2.75) is 6.04 Å². The summed E-state index contributed by atoms with van der Waals surface area (Å²) in [7, 11) is 0. The molecule has 0 amide bonds. The van der Waals surface area contributed by atoms with Gasteiger partial charge in [-0.2, -0.15) is 0 Å². The highest BCUT2D eigenvalue weighted by Gasteiger charge is 2.26. The molecule has 0 aliphatic carbocycles. The molecule has 3 heterocycles. The van der Waals surface area contributed by atoms with E-state index in [1.807, 2.05) is 36.7 Å². The number of nitrogens with one attached hydrogen (secondary N) is 2. The Morgan fingerprint density at radius 2 is 1.92 bits per heavy atom. The number of halogens is 1. The van der Waals surface area contributed by atoms with Crippen molar-refractivity contribution in [3.63, 3.8) is 0 Å². The van der Waals surface area contributed by atoms with Gasteiger partial charge in [-0.1, -0.05) is 35.9 Å². The van der Waals surface area contributed by atoms with Gasteiger partial charge in [-0.3, -0.25) is 0 Å². The standard InChI is InChI=1S/C20H14ClN3O/c21-15-9-11(5-6-17(15)25)19-14-10-23-20-18(14)13(7-8-22-20)12-3-1-2-4-16(12)24-19/h1-10,19,24-25H,(H,22,23). The van der Waals surface area contributed by atoms with Gasteiger partial charge in [-0.25, -0.2) is 4.98 Å². The highest BCUT2D eigenvalue weighted by molar-refractivity contribution is 6.32. The number of hydrogen-bond acceptors (Lipinski definition) is 3. The maximum Gasteiger partial charge on any atom is 0.138 e. The summed E-state index contributed by atoms with van der Waals surface area (Å²) in [6, 6.07) is 15.5. The average Bonchev–Trinajstić information content (AvgIpc) is 3.00. The Kier molecular flexibility index (Phi) is 3.02. The van der Waals surface area contributed by atoms with E-state index in [4.69, 9.17) is 11.6 Å². The Balaban J connectivity index is 1.83. The zero-order valence-corrected chi connectivity index (χ0v) is 13.9. The lowest BCUT2D eigenvalue weighted by atomic mass is 9.97. The fraction of sp³-hybridized carbons (Fsp3) is 0.0500. The number of benzene rings is 2. The quantitative estimate of drug-likeness (QED) is 0.448. The van der Waals surface area contributed by atoms with Crippen LogP contribution in [0, 0.1) is 0 Å². The van der Waals surface area contributed by atoms with Gasteiger partial charge < -0.3 is 15.4 Å². The van der Waals surface area contributed by atoms with Crippen molar-refractivity contribution in [2.24, 2.45) is 0 Å². The van der Waals surface area contributed by atoms with E-state index in [1.54, 1.807) is 12.1 Å². The third-order valence-corrected chi connectivity index (χ3v) is 5.04. The zero-order chi connectivity index (χ0) is 17.0. The van der Waals surface area contributed by atoms with E-state index in [0.717, 1.165) is 39.0 Å². The predicted octanol–water partition coefficient (Wildman–Crippen LogP) is 5.10. The van der Waals surface area contributed by atoms with Crippen LogP contribution in [-0.2, 0) is 0 Å². The number of anilines is 1. The molecule has 5 heteroatoms. The van der Waals surface area contributed by atoms with Crippen molar-refractivity contribution in [2.75, 3.05) is 5.32 Å². The maximum absolute atomic E-state index is 9.76. The van der Waals surface area contributed by atoms with Crippen LogP contribution in [0.4, 0.5) is 5.69 Å². The second-order valence-corrected chi connectivity index (χ2v) is 6.57. The van der Waals surface area contributed by atoms with Crippen molar-refractivity contribution in [1.29, 1.82) is 0 Å². The normalized spacial score (nSPS) is 15.5. The first-order chi connectivity index (χ1) is 12.2. The van der Waals surface area contributed by atoms with E-state index in [9.17, 15) is 5.11 Å². The molecule has 5 rings (SSSR count). The van der Waals surface area contributed by atoms with E-state index in [2.05, 4.69) is 27.4 Å². The summed E-state index contributed by atoms with van der Waals surface area (Å²) in [5.41, 5.74) is 6.30. The molecule has 0 radical (unpaired) electrons. The minimum absolute atomic E-state index is 0.0840. The van der Waals surface area contributed by atoms with E-state index >= 15 is 0 Å². The van der Waals surface area contributed by atoms with Gasteiger partial charge in [0.05, 0.1) is 11.1 Å². The largest absolute Gasteiger partial charge is 0.506 e. The minimum Gasteiger partial charge on any atom is -0.506 e. The van der Waals surface area contributed by atoms with Crippen molar-refractivity contribution < 1.29 is 5.11 Å². The Labute approximate surface area is 149 Å². The van der Waals surface area contributed by atoms with Gasteiger partial charge in [-0.15, -0.1) is 0 Å². The number of nitrogens with zero attached hydrogens (tertiary/aromatic N) is 1. The highest BCUT2D eigenvalue weighted by Crippen LogP contribution is 2.44. The number of pyridine rings is 1. The summed E-state index contributed by atoms with van der Waals surface area (Å²) >= 11 is 6.15. The molecule has 0 saturated carbocycles.